The summed E-state index contributed by atoms with van der Waals surface area (Å²) in [6.45, 7) is 8.29. The molecule has 0 spiro atoms. The van der Waals surface area contributed by atoms with E-state index in [1.165, 1.54) is 4.31 Å². The minimum absolute atomic E-state index is 0.178. The molecule has 0 N–H and O–H groups in total. The summed E-state index contributed by atoms with van der Waals surface area (Å²) in [5.41, 5.74) is 1.24. The fraction of sp³-hybridized carbons (Fsp3) is 0.400. The van der Waals surface area contributed by atoms with Crippen LogP contribution in [0.3, 0.4) is 0 Å². The van der Waals surface area contributed by atoms with Gasteiger partial charge in [0.15, 0.2) is 6.61 Å². The van der Waals surface area contributed by atoms with Crippen molar-refractivity contribution in [1.29, 1.82) is 0 Å². The van der Waals surface area contributed by atoms with Gasteiger partial charge in [-0.05, 0) is 63.6 Å². The van der Waals surface area contributed by atoms with Crippen molar-refractivity contribution in [3.63, 3.8) is 0 Å². The molecule has 0 amide bonds. The number of halogens is 1. The lowest BCUT2D eigenvalue weighted by Crippen LogP contribution is -2.40. The molecule has 1 saturated heterocycles. The number of carbonyl (C=O) groups is 1. The normalized spacial score (nSPS) is 14.7. The number of hydrogen-bond donors (Lipinski definition) is 0. The van der Waals surface area contributed by atoms with E-state index in [1.807, 2.05) is 6.92 Å². The van der Waals surface area contributed by atoms with Crippen molar-refractivity contribution in [2.75, 3.05) is 32.9 Å². The standard InChI is InChI=1S/C25H28ClNO6S/c1-18-5-9-22(34(29,30)27-11-13-31-14-12-27)16-19(18)6-7-20-15-21(26)8-10-23(20)32-17-24(28)33-25(2,3)4/h5,8-10,15-16H,11-14,17H2,1-4H3. The Morgan fingerprint density at radius 1 is 1.09 bits per heavy atom. The number of benzene rings is 2. The van der Waals surface area contributed by atoms with Crippen LogP contribution in [0.25, 0.3) is 0 Å². The molecule has 34 heavy (non-hydrogen) atoms. The smallest absolute Gasteiger partial charge is 0.344 e. The molecule has 182 valence electrons. The largest absolute Gasteiger partial charge is 0.481 e. The van der Waals surface area contributed by atoms with Gasteiger partial charge in [-0.25, -0.2) is 13.2 Å². The molecule has 1 aliphatic heterocycles. The molecule has 0 aliphatic carbocycles. The van der Waals surface area contributed by atoms with Crippen molar-refractivity contribution in [2.24, 2.45) is 0 Å². The maximum absolute atomic E-state index is 13.0. The summed E-state index contributed by atoms with van der Waals surface area (Å²) in [5, 5.41) is 0.453. The number of hydrogen-bond acceptors (Lipinski definition) is 6. The maximum Gasteiger partial charge on any atom is 0.344 e. The molecule has 9 heteroatoms. The molecule has 0 aromatic heterocycles. The maximum atomic E-state index is 13.0. The zero-order chi connectivity index (χ0) is 24.9. The van der Waals surface area contributed by atoms with Gasteiger partial charge in [-0.15, -0.1) is 0 Å². The number of rotatable bonds is 5. The average molecular weight is 506 g/mol. The Kier molecular flexibility index (Phi) is 8.26. The van der Waals surface area contributed by atoms with Gasteiger partial charge in [-0.2, -0.15) is 4.31 Å². The molecule has 1 fully saturated rings. The van der Waals surface area contributed by atoms with Gasteiger partial charge < -0.3 is 14.2 Å². The highest BCUT2D eigenvalue weighted by molar-refractivity contribution is 7.89. The van der Waals surface area contributed by atoms with Crippen LogP contribution >= 0.6 is 11.6 Å². The second-order valence-corrected chi connectivity index (χ2v) is 11.1. The van der Waals surface area contributed by atoms with Crippen molar-refractivity contribution in [1.82, 2.24) is 4.31 Å². The van der Waals surface area contributed by atoms with Gasteiger partial charge in [-0.1, -0.05) is 29.5 Å². The van der Waals surface area contributed by atoms with Crippen molar-refractivity contribution >= 4 is 27.6 Å². The first-order chi connectivity index (χ1) is 16.0. The molecule has 2 aromatic rings. The van der Waals surface area contributed by atoms with Gasteiger partial charge >= 0.3 is 5.97 Å². The molecule has 1 aliphatic rings. The summed E-state index contributed by atoms with van der Waals surface area (Å²) < 4.78 is 43.6. The molecule has 0 saturated carbocycles. The monoisotopic (exact) mass is 505 g/mol. The SMILES string of the molecule is Cc1ccc(S(=O)(=O)N2CCOCC2)cc1C#Cc1cc(Cl)ccc1OCC(=O)OC(C)(C)C. The van der Waals surface area contributed by atoms with E-state index in [2.05, 4.69) is 11.8 Å². The van der Waals surface area contributed by atoms with Crippen LogP contribution in [0.2, 0.25) is 5.02 Å². The summed E-state index contributed by atoms with van der Waals surface area (Å²) in [4.78, 5) is 12.2. The fourth-order valence-corrected chi connectivity index (χ4v) is 4.81. The van der Waals surface area contributed by atoms with Crippen LogP contribution in [-0.4, -0.2) is 57.2 Å². The van der Waals surface area contributed by atoms with Gasteiger partial charge in [0, 0.05) is 23.7 Å². The van der Waals surface area contributed by atoms with E-state index in [9.17, 15) is 13.2 Å². The highest BCUT2D eigenvalue weighted by Crippen LogP contribution is 2.24. The molecule has 0 radical (unpaired) electrons. The molecule has 3 rings (SSSR count). The zero-order valence-corrected chi connectivity index (χ0v) is 21.3. The second-order valence-electron chi connectivity index (χ2n) is 8.76. The summed E-state index contributed by atoms with van der Waals surface area (Å²) in [7, 11) is -3.64. The summed E-state index contributed by atoms with van der Waals surface area (Å²) in [6, 6.07) is 9.78. The number of carbonyl (C=O) groups excluding carboxylic acids is 1. The Bertz CT molecular complexity index is 1220. The molecule has 0 unspecified atom stereocenters. The number of morpholine rings is 1. The lowest BCUT2D eigenvalue weighted by Gasteiger charge is -2.26. The minimum atomic E-state index is -3.64. The number of sulfonamides is 1. The van der Waals surface area contributed by atoms with Gasteiger partial charge in [0.05, 0.1) is 23.7 Å². The van der Waals surface area contributed by atoms with Crippen LogP contribution in [0.1, 0.15) is 37.5 Å². The van der Waals surface area contributed by atoms with E-state index in [4.69, 9.17) is 25.8 Å². The lowest BCUT2D eigenvalue weighted by atomic mass is 10.1. The highest BCUT2D eigenvalue weighted by Gasteiger charge is 2.26. The molecular formula is C25H28ClNO6S. The van der Waals surface area contributed by atoms with Gasteiger partial charge in [-0.3, -0.25) is 0 Å². The molecular weight excluding hydrogens is 478 g/mol. The number of ether oxygens (including phenoxy) is 3. The highest BCUT2D eigenvalue weighted by atomic mass is 35.5. The molecule has 2 aromatic carbocycles. The summed E-state index contributed by atoms with van der Waals surface area (Å²) in [5.74, 6) is 5.90. The Labute approximate surface area is 206 Å². The number of esters is 1. The van der Waals surface area contributed by atoms with Crippen molar-refractivity contribution in [3.05, 3.63) is 58.1 Å². The Balaban J connectivity index is 1.86. The van der Waals surface area contributed by atoms with E-state index in [0.29, 0.717) is 48.2 Å². The minimum Gasteiger partial charge on any atom is -0.481 e. The predicted octanol–water partition coefficient (Wildman–Crippen LogP) is 3.79. The van der Waals surface area contributed by atoms with Crippen LogP contribution in [0.5, 0.6) is 5.75 Å². The van der Waals surface area contributed by atoms with Crippen LogP contribution in [0.4, 0.5) is 0 Å². The number of aryl methyl sites for hydroxylation is 1. The van der Waals surface area contributed by atoms with Crippen molar-refractivity contribution < 1.29 is 27.4 Å². The van der Waals surface area contributed by atoms with E-state index >= 15 is 0 Å². The van der Waals surface area contributed by atoms with E-state index in [0.717, 1.165) is 5.56 Å². The second kappa shape index (κ2) is 10.8. The molecule has 7 nitrogen and oxygen atoms in total. The third kappa shape index (κ3) is 6.97. The third-order valence-electron chi connectivity index (χ3n) is 4.86. The fourth-order valence-electron chi connectivity index (χ4n) is 3.20. The first-order valence-electron chi connectivity index (χ1n) is 10.8. The summed E-state index contributed by atoms with van der Waals surface area (Å²) in [6.07, 6.45) is 0. The first-order valence-corrected chi connectivity index (χ1v) is 12.6. The van der Waals surface area contributed by atoms with Crippen LogP contribution in [-0.2, 0) is 24.3 Å². The topological polar surface area (TPSA) is 82.1 Å². The Hall–Kier alpha value is -2.57. The average Bonchev–Trinajstić information content (AvgIpc) is 2.77. The van der Waals surface area contributed by atoms with Gasteiger partial charge in [0.25, 0.3) is 0 Å². The van der Waals surface area contributed by atoms with Crippen LogP contribution in [0.15, 0.2) is 41.3 Å². The predicted molar refractivity (Wildman–Crippen MR) is 130 cm³/mol. The van der Waals surface area contributed by atoms with Crippen molar-refractivity contribution in [2.45, 2.75) is 38.2 Å². The van der Waals surface area contributed by atoms with Crippen LogP contribution < -0.4 is 4.74 Å². The van der Waals surface area contributed by atoms with Gasteiger partial charge in [0.1, 0.15) is 11.4 Å². The quantitative estimate of drug-likeness (QED) is 0.454. The van der Waals surface area contributed by atoms with E-state index in [1.54, 1.807) is 57.2 Å². The Morgan fingerprint density at radius 3 is 2.44 bits per heavy atom. The molecule has 0 atom stereocenters. The van der Waals surface area contributed by atoms with Crippen LogP contribution in [0, 0.1) is 18.8 Å². The van der Waals surface area contributed by atoms with E-state index < -0.39 is 21.6 Å². The Morgan fingerprint density at radius 2 is 1.76 bits per heavy atom. The molecule has 0 bridgehead atoms. The third-order valence-corrected chi connectivity index (χ3v) is 6.99. The van der Waals surface area contributed by atoms with E-state index in [-0.39, 0.29) is 11.5 Å². The number of nitrogens with zero attached hydrogens (tertiary/aromatic N) is 1. The summed E-state index contributed by atoms with van der Waals surface area (Å²) >= 11 is 6.14. The lowest BCUT2D eigenvalue weighted by molar-refractivity contribution is -0.157. The van der Waals surface area contributed by atoms with Gasteiger partial charge in [0.2, 0.25) is 10.0 Å². The zero-order valence-electron chi connectivity index (χ0n) is 19.7. The first kappa shape index (κ1) is 26.0. The molecule has 1 heterocycles. The van der Waals surface area contributed by atoms with Crippen molar-refractivity contribution in [3.8, 4) is 17.6 Å².